The summed E-state index contributed by atoms with van der Waals surface area (Å²) in [4.78, 5) is 0. The fraction of sp³-hybridized carbons (Fsp3) is 0.222. The fourth-order valence-electron chi connectivity index (χ4n) is 0.911. The number of halogens is 3. The molecular weight excluding hydrogens is 198 g/mol. The third-order valence-corrected chi connectivity index (χ3v) is 2.16. The predicted octanol–water partition coefficient (Wildman–Crippen LogP) is 3.88. The van der Waals surface area contributed by atoms with Crippen LogP contribution in [0.15, 0.2) is 18.2 Å². The minimum Gasteiger partial charge on any atom is -0.250 e. The van der Waals surface area contributed by atoms with Crippen LogP contribution in [-0.4, -0.2) is 6.67 Å². The van der Waals surface area contributed by atoms with Crippen molar-refractivity contribution >= 4 is 23.2 Å². The van der Waals surface area contributed by atoms with E-state index in [1.807, 2.05) is 0 Å². The molecule has 1 unspecified atom stereocenters. The second-order valence-electron chi connectivity index (χ2n) is 2.52. The van der Waals surface area contributed by atoms with Gasteiger partial charge in [-0.15, -0.1) is 0 Å². The summed E-state index contributed by atoms with van der Waals surface area (Å²) in [6, 6.07) is 4.95. The topological polar surface area (TPSA) is 0 Å². The fourth-order valence-corrected chi connectivity index (χ4v) is 1.36. The highest BCUT2D eigenvalue weighted by Gasteiger charge is 2.09. The van der Waals surface area contributed by atoms with Crippen molar-refractivity contribution in [2.24, 2.45) is 0 Å². The lowest BCUT2D eigenvalue weighted by Crippen LogP contribution is -1.96. The lowest BCUT2D eigenvalue weighted by molar-refractivity contribution is 0.465. The standard InChI is InChI=1S/C9H8Cl2F/c1-6(5-12)8-4-7(10)2-3-9(8)11/h2-4,6H,1,5H2. The molecule has 12 heavy (non-hydrogen) atoms. The Morgan fingerprint density at radius 1 is 1.42 bits per heavy atom. The summed E-state index contributed by atoms with van der Waals surface area (Å²) < 4.78 is 12.2. The Morgan fingerprint density at radius 3 is 2.67 bits per heavy atom. The van der Waals surface area contributed by atoms with Crippen LogP contribution in [0.4, 0.5) is 4.39 Å². The molecule has 1 radical (unpaired) electrons. The molecule has 0 saturated carbocycles. The van der Waals surface area contributed by atoms with Crippen LogP contribution >= 0.6 is 23.2 Å². The van der Waals surface area contributed by atoms with Crippen LogP contribution < -0.4 is 0 Å². The van der Waals surface area contributed by atoms with E-state index in [9.17, 15) is 4.39 Å². The molecule has 0 amide bonds. The van der Waals surface area contributed by atoms with E-state index in [-0.39, 0.29) is 0 Å². The molecule has 0 fully saturated rings. The molecule has 0 heterocycles. The van der Waals surface area contributed by atoms with Gasteiger partial charge >= 0.3 is 0 Å². The van der Waals surface area contributed by atoms with Crippen LogP contribution in [0.25, 0.3) is 0 Å². The monoisotopic (exact) mass is 205 g/mol. The number of benzene rings is 1. The minimum atomic E-state index is -0.528. The molecule has 0 saturated heterocycles. The zero-order valence-corrected chi connectivity index (χ0v) is 7.87. The summed E-state index contributed by atoms with van der Waals surface area (Å²) >= 11 is 11.5. The van der Waals surface area contributed by atoms with Crippen molar-refractivity contribution in [2.45, 2.75) is 5.92 Å². The smallest absolute Gasteiger partial charge is 0.0963 e. The Balaban J connectivity index is 3.04. The third kappa shape index (κ3) is 2.11. The molecule has 1 aromatic carbocycles. The van der Waals surface area contributed by atoms with Gasteiger partial charge in [-0.05, 0) is 30.7 Å². The molecule has 1 aromatic rings. The van der Waals surface area contributed by atoms with E-state index < -0.39 is 12.6 Å². The first-order valence-corrected chi connectivity index (χ1v) is 4.24. The summed E-state index contributed by atoms with van der Waals surface area (Å²) in [7, 11) is 0. The average Bonchev–Trinajstić information content (AvgIpc) is 2.08. The van der Waals surface area contributed by atoms with Gasteiger partial charge in [-0.1, -0.05) is 23.2 Å². The largest absolute Gasteiger partial charge is 0.250 e. The van der Waals surface area contributed by atoms with Crippen LogP contribution in [0, 0.1) is 6.92 Å². The summed E-state index contributed by atoms with van der Waals surface area (Å²) in [5.41, 5.74) is 0.659. The molecule has 0 aliphatic heterocycles. The third-order valence-electron chi connectivity index (χ3n) is 1.58. The molecule has 0 aromatic heterocycles. The number of alkyl halides is 1. The van der Waals surface area contributed by atoms with E-state index in [4.69, 9.17) is 23.2 Å². The molecule has 1 atom stereocenters. The van der Waals surface area contributed by atoms with Gasteiger partial charge < -0.3 is 0 Å². The van der Waals surface area contributed by atoms with Gasteiger partial charge in [0.2, 0.25) is 0 Å². The van der Waals surface area contributed by atoms with Crippen molar-refractivity contribution in [1.29, 1.82) is 0 Å². The van der Waals surface area contributed by atoms with Crippen molar-refractivity contribution in [3.8, 4) is 0 Å². The highest BCUT2D eigenvalue weighted by molar-refractivity contribution is 6.33. The molecule has 65 valence electrons. The summed E-state index contributed by atoms with van der Waals surface area (Å²) in [5.74, 6) is -0.434. The van der Waals surface area contributed by atoms with Crippen LogP contribution in [-0.2, 0) is 0 Å². The second kappa shape index (κ2) is 4.11. The predicted molar refractivity (Wildman–Crippen MR) is 50.5 cm³/mol. The normalized spacial score (nSPS) is 13.0. The van der Waals surface area contributed by atoms with Crippen LogP contribution in [0.1, 0.15) is 11.5 Å². The first-order valence-electron chi connectivity index (χ1n) is 3.49. The Morgan fingerprint density at radius 2 is 2.08 bits per heavy atom. The van der Waals surface area contributed by atoms with E-state index in [2.05, 4.69) is 6.92 Å². The Hall–Kier alpha value is -0.270. The summed E-state index contributed by atoms with van der Waals surface area (Å²) in [5, 5.41) is 1.06. The molecule has 0 spiro atoms. The van der Waals surface area contributed by atoms with Crippen LogP contribution in [0.2, 0.25) is 10.0 Å². The van der Waals surface area contributed by atoms with Gasteiger partial charge in [0.1, 0.15) is 0 Å². The zero-order valence-electron chi connectivity index (χ0n) is 6.36. The Bertz CT molecular complexity index is 273. The van der Waals surface area contributed by atoms with Gasteiger partial charge in [0.25, 0.3) is 0 Å². The van der Waals surface area contributed by atoms with Gasteiger partial charge in [-0.25, -0.2) is 0 Å². The van der Waals surface area contributed by atoms with Gasteiger partial charge in [-0.2, -0.15) is 0 Å². The quantitative estimate of drug-likeness (QED) is 0.688. The number of rotatable bonds is 2. The van der Waals surface area contributed by atoms with Gasteiger partial charge in [0.15, 0.2) is 0 Å². The minimum absolute atomic E-state index is 0.434. The van der Waals surface area contributed by atoms with E-state index >= 15 is 0 Å². The van der Waals surface area contributed by atoms with E-state index in [0.717, 1.165) is 0 Å². The summed E-state index contributed by atoms with van der Waals surface area (Å²) in [6.07, 6.45) is 0. The van der Waals surface area contributed by atoms with Gasteiger partial charge in [-0.3, -0.25) is 4.39 Å². The van der Waals surface area contributed by atoms with Crippen molar-refractivity contribution in [3.05, 3.63) is 40.7 Å². The van der Waals surface area contributed by atoms with E-state index in [0.29, 0.717) is 15.6 Å². The first kappa shape index (κ1) is 9.82. The maximum Gasteiger partial charge on any atom is 0.0963 e. The molecule has 3 heteroatoms. The van der Waals surface area contributed by atoms with E-state index in [1.165, 1.54) is 0 Å². The second-order valence-corrected chi connectivity index (χ2v) is 3.36. The first-order chi connectivity index (χ1) is 5.65. The summed E-state index contributed by atoms with van der Waals surface area (Å²) in [6.45, 7) is 3.08. The van der Waals surface area contributed by atoms with Gasteiger partial charge in [0.05, 0.1) is 6.67 Å². The molecular formula is C9H8Cl2F. The van der Waals surface area contributed by atoms with Crippen molar-refractivity contribution in [1.82, 2.24) is 0 Å². The average molecular weight is 206 g/mol. The van der Waals surface area contributed by atoms with Crippen molar-refractivity contribution < 1.29 is 4.39 Å². The van der Waals surface area contributed by atoms with Crippen LogP contribution in [0.5, 0.6) is 0 Å². The van der Waals surface area contributed by atoms with Crippen LogP contribution in [0.3, 0.4) is 0 Å². The lowest BCUT2D eigenvalue weighted by atomic mass is 10.0. The lowest BCUT2D eigenvalue weighted by Gasteiger charge is -2.09. The zero-order chi connectivity index (χ0) is 9.14. The molecule has 0 nitrogen and oxygen atoms in total. The van der Waals surface area contributed by atoms with E-state index in [1.54, 1.807) is 18.2 Å². The highest BCUT2D eigenvalue weighted by atomic mass is 35.5. The van der Waals surface area contributed by atoms with Crippen molar-refractivity contribution in [3.63, 3.8) is 0 Å². The van der Waals surface area contributed by atoms with Crippen molar-refractivity contribution in [2.75, 3.05) is 6.67 Å². The Labute approximate surface area is 81.3 Å². The maximum absolute atomic E-state index is 12.2. The SMILES string of the molecule is [CH2]C(CF)c1cc(Cl)ccc1Cl. The van der Waals surface area contributed by atoms with Gasteiger partial charge in [0, 0.05) is 16.0 Å². The number of hydrogen-bond acceptors (Lipinski definition) is 0. The molecule has 0 bridgehead atoms. The maximum atomic E-state index is 12.2. The number of hydrogen-bond donors (Lipinski definition) is 0. The Kier molecular flexibility index (Phi) is 3.36. The molecule has 0 aliphatic carbocycles. The highest BCUT2D eigenvalue weighted by Crippen LogP contribution is 2.27. The molecule has 1 rings (SSSR count). The molecule has 0 aliphatic rings. The molecule has 0 N–H and O–H groups in total.